The van der Waals surface area contributed by atoms with Crippen molar-refractivity contribution in [3.63, 3.8) is 0 Å². The molecule has 1 atom stereocenters. The Morgan fingerprint density at radius 3 is 2.84 bits per heavy atom. The van der Waals surface area contributed by atoms with E-state index in [0.29, 0.717) is 18.8 Å². The first-order valence-electron chi connectivity index (χ1n) is 6.63. The number of nitrogens with zero attached hydrogens (tertiary/aromatic N) is 2. The average Bonchev–Trinajstić information content (AvgIpc) is 2.37. The Hall–Kier alpha value is -1.62. The van der Waals surface area contributed by atoms with E-state index in [2.05, 4.69) is 4.98 Å². The fourth-order valence-electron chi connectivity index (χ4n) is 2.45. The molecule has 0 aliphatic carbocycles. The Morgan fingerprint density at radius 2 is 2.26 bits per heavy atom. The number of carboxylic acid groups (broad SMARTS) is 1. The van der Waals surface area contributed by atoms with E-state index in [1.807, 2.05) is 11.8 Å². The highest BCUT2D eigenvalue weighted by atomic mass is 16.4. The number of rotatable bonds is 3. The van der Waals surface area contributed by atoms with Gasteiger partial charge in [0.1, 0.15) is 5.82 Å². The van der Waals surface area contributed by atoms with Crippen LogP contribution < -0.4 is 4.90 Å². The van der Waals surface area contributed by atoms with Crippen molar-refractivity contribution in [1.82, 2.24) is 4.98 Å². The minimum absolute atomic E-state index is 0.257. The highest BCUT2D eigenvalue weighted by Crippen LogP contribution is 2.25. The second-order valence-electron chi connectivity index (χ2n) is 5.39. The molecule has 2 N–H and O–H groups in total. The number of aliphatic hydroxyl groups is 1. The van der Waals surface area contributed by atoms with E-state index in [9.17, 15) is 9.90 Å². The zero-order chi connectivity index (χ0) is 14.0. The van der Waals surface area contributed by atoms with Crippen molar-refractivity contribution in [2.45, 2.75) is 38.7 Å². The summed E-state index contributed by atoms with van der Waals surface area (Å²) >= 11 is 0. The van der Waals surface area contributed by atoms with Crippen molar-refractivity contribution in [3.8, 4) is 0 Å². The van der Waals surface area contributed by atoms with Crippen molar-refractivity contribution in [3.05, 3.63) is 23.4 Å². The summed E-state index contributed by atoms with van der Waals surface area (Å²) in [7, 11) is 0. The first kappa shape index (κ1) is 13.8. The third-order valence-electron chi connectivity index (χ3n) is 3.47. The van der Waals surface area contributed by atoms with Gasteiger partial charge in [-0.2, -0.15) is 0 Å². The number of aromatic carboxylic acids is 1. The van der Waals surface area contributed by atoms with Gasteiger partial charge in [-0.25, -0.2) is 9.78 Å². The van der Waals surface area contributed by atoms with Gasteiger partial charge >= 0.3 is 5.97 Å². The van der Waals surface area contributed by atoms with E-state index in [1.54, 1.807) is 19.1 Å². The van der Waals surface area contributed by atoms with E-state index >= 15 is 0 Å². The molecule has 0 bridgehead atoms. The topological polar surface area (TPSA) is 73.7 Å². The molecule has 2 rings (SSSR count). The molecule has 2 heterocycles. The number of hydrogen-bond acceptors (Lipinski definition) is 4. The molecule has 0 aromatic carbocycles. The first-order chi connectivity index (χ1) is 8.91. The van der Waals surface area contributed by atoms with Gasteiger partial charge in [0.2, 0.25) is 0 Å². The lowest BCUT2D eigenvalue weighted by Gasteiger charge is -2.37. The summed E-state index contributed by atoms with van der Waals surface area (Å²) in [5, 5.41) is 19.3. The summed E-state index contributed by atoms with van der Waals surface area (Å²) in [6.45, 7) is 5.05. The van der Waals surface area contributed by atoms with Crippen LogP contribution in [0.25, 0.3) is 0 Å². The van der Waals surface area contributed by atoms with Crippen LogP contribution >= 0.6 is 0 Å². The summed E-state index contributed by atoms with van der Waals surface area (Å²) in [6, 6.07) is 3.19. The number of aryl methyl sites for hydroxylation is 1. The molecule has 1 saturated heterocycles. The number of pyridine rings is 1. The van der Waals surface area contributed by atoms with Crippen LogP contribution in [0.4, 0.5) is 5.82 Å². The Balaban J connectivity index is 2.33. The van der Waals surface area contributed by atoms with Crippen LogP contribution in [0.5, 0.6) is 0 Å². The summed E-state index contributed by atoms with van der Waals surface area (Å²) in [4.78, 5) is 17.6. The molecule has 19 heavy (non-hydrogen) atoms. The van der Waals surface area contributed by atoms with E-state index in [4.69, 9.17) is 5.11 Å². The molecule has 0 spiro atoms. The molecule has 5 nitrogen and oxygen atoms in total. The van der Waals surface area contributed by atoms with Crippen LogP contribution in [0.2, 0.25) is 0 Å². The molecule has 1 aromatic rings. The molecule has 1 fully saturated rings. The van der Waals surface area contributed by atoms with Crippen molar-refractivity contribution < 1.29 is 15.0 Å². The average molecular weight is 264 g/mol. The van der Waals surface area contributed by atoms with Gasteiger partial charge in [0.15, 0.2) is 0 Å². The largest absolute Gasteiger partial charge is 0.478 e. The van der Waals surface area contributed by atoms with E-state index < -0.39 is 11.6 Å². The van der Waals surface area contributed by atoms with Crippen LogP contribution in [-0.4, -0.2) is 39.9 Å². The zero-order valence-corrected chi connectivity index (χ0v) is 11.4. The number of β-amino-alcohol motifs (C(OH)–C–C–N with tert-alkyl or cyclic N) is 1. The predicted molar refractivity (Wildman–Crippen MR) is 72.6 cm³/mol. The van der Waals surface area contributed by atoms with Gasteiger partial charge in [-0.15, -0.1) is 0 Å². The minimum atomic E-state index is -0.942. The maximum Gasteiger partial charge on any atom is 0.335 e. The Kier molecular flexibility index (Phi) is 3.75. The van der Waals surface area contributed by atoms with Gasteiger partial charge in [0, 0.05) is 18.8 Å². The van der Waals surface area contributed by atoms with Crippen molar-refractivity contribution in [1.29, 1.82) is 0 Å². The molecule has 0 radical (unpaired) electrons. The Morgan fingerprint density at radius 1 is 1.53 bits per heavy atom. The second-order valence-corrected chi connectivity index (χ2v) is 5.39. The first-order valence-corrected chi connectivity index (χ1v) is 6.63. The Labute approximate surface area is 112 Å². The minimum Gasteiger partial charge on any atom is -0.478 e. The maximum absolute atomic E-state index is 11.1. The zero-order valence-electron chi connectivity index (χ0n) is 11.4. The third kappa shape index (κ3) is 3.23. The highest BCUT2D eigenvalue weighted by Gasteiger charge is 2.29. The van der Waals surface area contributed by atoms with Gasteiger partial charge < -0.3 is 15.1 Å². The summed E-state index contributed by atoms with van der Waals surface area (Å²) in [5.74, 6) is -0.293. The molecular formula is C14H20N2O3. The van der Waals surface area contributed by atoms with Crippen LogP contribution in [0.15, 0.2) is 12.1 Å². The number of carboxylic acids is 1. The normalized spacial score (nSPS) is 23.4. The quantitative estimate of drug-likeness (QED) is 0.869. The van der Waals surface area contributed by atoms with E-state index in [-0.39, 0.29) is 5.56 Å². The molecule has 1 aromatic heterocycles. The third-order valence-corrected chi connectivity index (χ3v) is 3.47. The summed E-state index contributed by atoms with van der Waals surface area (Å²) in [5.41, 5.74) is 0.290. The number of hydrogen-bond donors (Lipinski definition) is 2. The molecular weight excluding hydrogens is 244 g/mol. The van der Waals surface area contributed by atoms with Gasteiger partial charge in [-0.05, 0) is 38.3 Å². The lowest BCUT2D eigenvalue weighted by Crippen LogP contribution is -2.46. The lowest BCUT2D eigenvalue weighted by atomic mass is 9.95. The molecule has 1 aliphatic rings. The highest BCUT2D eigenvalue weighted by molar-refractivity contribution is 5.88. The maximum atomic E-state index is 11.1. The smallest absolute Gasteiger partial charge is 0.335 e. The van der Waals surface area contributed by atoms with E-state index in [0.717, 1.165) is 25.1 Å². The molecule has 5 heteroatoms. The molecule has 0 amide bonds. The van der Waals surface area contributed by atoms with Gasteiger partial charge in [-0.1, -0.05) is 6.92 Å². The summed E-state index contributed by atoms with van der Waals surface area (Å²) < 4.78 is 0. The van der Waals surface area contributed by atoms with Crippen molar-refractivity contribution >= 4 is 11.8 Å². The number of anilines is 1. The lowest BCUT2D eigenvalue weighted by molar-refractivity contribution is 0.0447. The van der Waals surface area contributed by atoms with E-state index in [1.165, 1.54) is 0 Å². The standard InChI is InChI=1S/C14H20N2O3/c1-3-11-7-10(13(17)18)8-12(15-11)16-6-4-5-14(2,19)9-16/h7-8,19H,3-6,9H2,1-2H3,(H,17,18). The number of carbonyl (C=O) groups is 1. The van der Waals surface area contributed by atoms with Crippen LogP contribution in [0.3, 0.4) is 0 Å². The second kappa shape index (κ2) is 5.17. The van der Waals surface area contributed by atoms with Gasteiger partial charge in [-0.3, -0.25) is 0 Å². The van der Waals surface area contributed by atoms with Crippen molar-refractivity contribution in [2.75, 3.05) is 18.0 Å². The summed E-state index contributed by atoms with van der Waals surface area (Å²) in [6.07, 6.45) is 2.34. The molecule has 1 aliphatic heterocycles. The van der Waals surface area contributed by atoms with Gasteiger partial charge in [0.25, 0.3) is 0 Å². The van der Waals surface area contributed by atoms with Crippen LogP contribution in [-0.2, 0) is 6.42 Å². The molecule has 104 valence electrons. The number of piperidine rings is 1. The molecule has 1 unspecified atom stereocenters. The fourth-order valence-corrected chi connectivity index (χ4v) is 2.45. The SMILES string of the molecule is CCc1cc(C(=O)O)cc(N2CCCC(C)(O)C2)n1. The molecule has 0 saturated carbocycles. The van der Waals surface area contributed by atoms with Crippen molar-refractivity contribution in [2.24, 2.45) is 0 Å². The number of aromatic nitrogens is 1. The van der Waals surface area contributed by atoms with Gasteiger partial charge in [0.05, 0.1) is 11.2 Å². The van der Waals surface area contributed by atoms with Crippen LogP contribution in [0, 0.1) is 0 Å². The monoisotopic (exact) mass is 264 g/mol. The predicted octanol–water partition coefficient (Wildman–Crippen LogP) is 1.69. The van der Waals surface area contributed by atoms with Crippen LogP contribution in [0.1, 0.15) is 42.7 Å². The fraction of sp³-hybridized carbons (Fsp3) is 0.571. The Bertz CT molecular complexity index is 486.